The minimum atomic E-state index is -0.724. The molecule has 0 aromatic heterocycles. The Morgan fingerprint density at radius 3 is 1.98 bits per heavy atom. The van der Waals surface area contributed by atoms with Gasteiger partial charge in [-0.25, -0.2) is 4.79 Å². The van der Waals surface area contributed by atoms with Crippen LogP contribution in [0.15, 0.2) is 54.6 Å². The molecule has 0 spiro atoms. The van der Waals surface area contributed by atoms with Crippen LogP contribution in [0.3, 0.4) is 0 Å². The number of rotatable bonds is 33. The van der Waals surface area contributed by atoms with Gasteiger partial charge in [-0.15, -0.1) is 0 Å². The summed E-state index contributed by atoms with van der Waals surface area (Å²) in [5.41, 5.74) is 5.98. The maximum atomic E-state index is 14.4. The molecule has 1 saturated heterocycles. The number of esters is 1. The average Bonchev–Trinajstić information content (AvgIpc) is 3.32. The molecular weight excluding hydrogens is 847 g/mol. The summed E-state index contributed by atoms with van der Waals surface area (Å²) in [4.78, 5) is 43.3. The molecule has 3 aromatic carbocycles. The van der Waals surface area contributed by atoms with Crippen LogP contribution in [-0.2, 0) is 54.0 Å². The van der Waals surface area contributed by atoms with Gasteiger partial charge in [0.1, 0.15) is 24.5 Å². The normalized spacial score (nSPS) is 14.7. The Morgan fingerprint density at radius 2 is 1.36 bits per heavy atom. The van der Waals surface area contributed by atoms with E-state index in [1.54, 1.807) is 32.3 Å². The SMILES string of the molecule is CC[C@H](C(=O)N1CCCC[C@H]1C(=O)OC(CCc1ccc(C)c(C)c1)c1cccc(OCC(=O)CCCOCCOCCOCCOCCOCCOC)c1)c1cc(C)c(OC)c(OC)c1. The van der Waals surface area contributed by atoms with E-state index >= 15 is 0 Å². The van der Waals surface area contributed by atoms with Gasteiger partial charge in [-0.2, -0.15) is 0 Å². The number of ketones is 1. The maximum Gasteiger partial charge on any atom is 0.329 e. The van der Waals surface area contributed by atoms with E-state index in [9.17, 15) is 14.4 Å². The van der Waals surface area contributed by atoms with Gasteiger partial charge in [-0.1, -0.05) is 43.3 Å². The van der Waals surface area contributed by atoms with Crippen LogP contribution >= 0.6 is 0 Å². The lowest BCUT2D eigenvalue weighted by atomic mass is 9.91. The van der Waals surface area contributed by atoms with E-state index in [0.29, 0.717) is 135 Å². The van der Waals surface area contributed by atoms with Crippen molar-refractivity contribution in [2.24, 2.45) is 0 Å². The lowest BCUT2D eigenvalue weighted by Crippen LogP contribution is -2.50. The standard InChI is InChI=1S/C52H75NO13/c1-8-46(43-34-40(4)50(59-7)49(36-43)58-6)51(55)53-21-10-9-16-47(53)52(56)66-48(20-19-41-18-17-38(2)39(3)33-41)42-13-11-15-45(35-42)65-37-44(54)14-12-22-60-25-26-62-29-30-64-32-31-63-28-27-61-24-23-57-5/h11,13,15,17-18,33-36,46-48H,8-10,12,14,16,19-32,37H2,1-7H3/t46-,47-,48?/m0/s1. The summed E-state index contributed by atoms with van der Waals surface area (Å²) < 4.78 is 56.0. The smallest absolute Gasteiger partial charge is 0.329 e. The third-order valence-corrected chi connectivity index (χ3v) is 11.7. The summed E-state index contributed by atoms with van der Waals surface area (Å²) in [6.07, 6.45) is 4.10. The van der Waals surface area contributed by atoms with Crippen molar-refractivity contribution < 1.29 is 61.8 Å². The summed E-state index contributed by atoms with van der Waals surface area (Å²) in [7, 11) is 4.82. The maximum absolute atomic E-state index is 14.4. The molecule has 66 heavy (non-hydrogen) atoms. The zero-order valence-corrected chi connectivity index (χ0v) is 40.5. The molecule has 3 aromatic rings. The molecule has 0 radical (unpaired) electrons. The van der Waals surface area contributed by atoms with E-state index < -0.39 is 24.0 Å². The highest BCUT2D eigenvalue weighted by Crippen LogP contribution is 2.37. The van der Waals surface area contributed by atoms with Crippen molar-refractivity contribution in [2.75, 3.05) is 107 Å². The second-order valence-corrected chi connectivity index (χ2v) is 16.5. The third-order valence-electron chi connectivity index (χ3n) is 11.7. The number of methoxy groups -OCH3 is 3. The van der Waals surface area contributed by atoms with Crippen LogP contribution in [0.5, 0.6) is 17.2 Å². The Kier molecular flexibility index (Phi) is 25.1. The molecule has 14 nitrogen and oxygen atoms in total. The van der Waals surface area contributed by atoms with Crippen LogP contribution in [0.4, 0.5) is 0 Å². The summed E-state index contributed by atoms with van der Waals surface area (Å²) in [6, 6.07) is 16.9. The summed E-state index contributed by atoms with van der Waals surface area (Å²) in [6.45, 7) is 13.8. The number of piperidine rings is 1. The number of nitrogens with zero attached hydrogens (tertiary/aromatic N) is 1. The van der Waals surface area contributed by atoms with Gasteiger partial charge >= 0.3 is 5.97 Å². The van der Waals surface area contributed by atoms with Gasteiger partial charge in [0, 0.05) is 26.7 Å². The highest BCUT2D eigenvalue weighted by atomic mass is 16.6. The van der Waals surface area contributed by atoms with Gasteiger partial charge in [-0.3, -0.25) is 9.59 Å². The zero-order chi connectivity index (χ0) is 47.5. The molecule has 4 rings (SSSR count). The number of Topliss-reactive ketones (excluding diaryl/α,β-unsaturated/α-hetero) is 1. The van der Waals surface area contributed by atoms with Crippen molar-refractivity contribution >= 4 is 17.7 Å². The number of carbonyl (C=O) groups is 3. The van der Waals surface area contributed by atoms with E-state index in [1.165, 1.54) is 11.1 Å². The van der Waals surface area contributed by atoms with Crippen LogP contribution in [0.2, 0.25) is 0 Å². The number of likely N-dealkylation sites (tertiary alicyclic amines) is 1. The molecule has 1 heterocycles. The van der Waals surface area contributed by atoms with E-state index in [2.05, 4.69) is 32.0 Å². The fourth-order valence-electron chi connectivity index (χ4n) is 7.88. The van der Waals surface area contributed by atoms with Crippen LogP contribution in [-0.4, -0.2) is 136 Å². The Morgan fingerprint density at radius 1 is 0.697 bits per heavy atom. The number of ether oxygens (including phenoxy) is 10. The molecule has 1 fully saturated rings. The van der Waals surface area contributed by atoms with E-state index in [0.717, 1.165) is 35.1 Å². The molecule has 3 atom stereocenters. The number of aryl methyl sites for hydroxylation is 4. The second-order valence-electron chi connectivity index (χ2n) is 16.5. The molecule has 0 aliphatic carbocycles. The van der Waals surface area contributed by atoms with Crippen LogP contribution in [0.25, 0.3) is 0 Å². The van der Waals surface area contributed by atoms with Gasteiger partial charge in [0.25, 0.3) is 0 Å². The monoisotopic (exact) mass is 922 g/mol. The van der Waals surface area contributed by atoms with Gasteiger partial charge in [0.15, 0.2) is 17.3 Å². The van der Waals surface area contributed by atoms with Gasteiger partial charge < -0.3 is 52.3 Å². The first-order valence-corrected chi connectivity index (χ1v) is 23.5. The first-order chi connectivity index (χ1) is 32.1. The highest BCUT2D eigenvalue weighted by molar-refractivity contribution is 5.89. The summed E-state index contributed by atoms with van der Waals surface area (Å²) in [5.74, 6) is 0.643. The predicted molar refractivity (Wildman–Crippen MR) is 252 cm³/mol. The summed E-state index contributed by atoms with van der Waals surface area (Å²) in [5, 5.41) is 0. The van der Waals surface area contributed by atoms with E-state index in [-0.39, 0.29) is 18.3 Å². The molecule has 1 aliphatic rings. The van der Waals surface area contributed by atoms with Crippen molar-refractivity contribution in [2.45, 2.75) is 97.1 Å². The van der Waals surface area contributed by atoms with Crippen molar-refractivity contribution in [3.05, 3.63) is 88.0 Å². The molecular formula is C52H75NO13. The Balaban J connectivity index is 1.28. The van der Waals surface area contributed by atoms with E-state index in [1.807, 2.05) is 44.2 Å². The number of carbonyl (C=O) groups excluding carboxylic acids is 3. The minimum Gasteiger partial charge on any atom is -0.493 e. The highest BCUT2D eigenvalue weighted by Gasteiger charge is 2.38. The lowest BCUT2D eigenvalue weighted by Gasteiger charge is -2.37. The number of hydrogen-bond acceptors (Lipinski definition) is 13. The number of benzene rings is 3. The van der Waals surface area contributed by atoms with Crippen molar-refractivity contribution in [3.8, 4) is 17.2 Å². The molecule has 366 valence electrons. The molecule has 1 amide bonds. The van der Waals surface area contributed by atoms with Crippen molar-refractivity contribution in [3.63, 3.8) is 0 Å². The van der Waals surface area contributed by atoms with Gasteiger partial charge in [0.05, 0.1) is 86.2 Å². The van der Waals surface area contributed by atoms with Gasteiger partial charge in [0.2, 0.25) is 5.91 Å². The zero-order valence-electron chi connectivity index (χ0n) is 40.5. The Bertz CT molecular complexity index is 1900. The Hall–Kier alpha value is -4.57. The van der Waals surface area contributed by atoms with Crippen molar-refractivity contribution in [1.82, 2.24) is 4.90 Å². The van der Waals surface area contributed by atoms with E-state index in [4.69, 9.17) is 47.4 Å². The molecule has 0 saturated carbocycles. The molecule has 0 N–H and O–H groups in total. The fourth-order valence-corrected chi connectivity index (χ4v) is 7.88. The summed E-state index contributed by atoms with van der Waals surface area (Å²) >= 11 is 0. The minimum absolute atomic E-state index is 0.0478. The molecule has 0 bridgehead atoms. The van der Waals surface area contributed by atoms with Gasteiger partial charge in [-0.05, 0) is 117 Å². The first-order valence-electron chi connectivity index (χ1n) is 23.5. The third kappa shape index (κ3) is 18.3. The second kappa shape index (κ2) is 30.7. The lowest BCUT2D eigenvalue weighted by molar-refractivity contribution is -0.162. The topological polar surface area (TPSA) is 147 Å². The molecule has 14 heteroatoms. The largest absolute Gasteiger partial charge is 0.493 e. The predicted octanol–water partition coefficient (Wildman–Crippen LogP) is 7.88. The van der Waals surface area contributed by atoms with Crippen LogP contribution in [0, 0.1) is 20.8 Å². The van der Waals surface area contributed by atoms with Crippen LogP contribution in [0.1, 0.15) is 97.3 Å². The molecule has 1 aliphatic heterocycles. The fraction of sp³-hybridized carbons (Fsp3) is 0.596. The number of hydrogen-bond donors (Lipinski definition) is 0. The molecule has 1 unspecified atom stereocenters. The average molecular weight is 922 g/mol. The van der Waals surface area contributed by atoms with Crippen molar-refractivity contribution in [1.29, 1.82) is 0 Å². The Labute approximate surface area is 392 Å². The van der Waals surface area contributed by atoms with Crippen LogP contribution < -0.4 is 14.2 Å². The first kappa shape index (κ1) is 54.0. The number of amides is 1. The quantitative estimate of drug-likeness (QED) is 0.0432.